The molecule has 0 saturated heterocycles. The Morgan fingerprint density at radius 3 is 1.20 bits per heavy atom. The van der Waals surface area contributed by atoms with Gasteiger partial charge in [-0.05, 0) is 27.7 Å². The predicted molar refractivity (Wildman–Crippen MR) is 59.1 cm³/mol. The van der Waals surface area contributed by atoms with E-state index in [9.17, 15) is 13.0 Å². The summed E-state index contributed by atoms with van der Waals surface area (Å²) in [5.74, 6) is 0. The molecular weight excluding hydrogens is 218 g/mol. The van der Waals surface area contributed by atoms with Crippen LogP contribution in [0.15, 0.2) is 0 Å². The lowest BCUT2D eigenvalue weighted by Crippen LogP contribution is -2.47. The van der Waals surface area contributed by atoms with Gasteiger partial charge >= 0.3 is 0 Å². The van der Waals surface area contributed by atoms with Gasteiger partial charge in [-0.3, -0.25) is 4.18 Å². The van der Waals surface area contributed by atoms with Crippen molar-refractivity contribution in [2.24, 2.45) is 0 Å². The molecule has 0 fully saturated rings. The first-order chi connectivity index (χ1) is 6.80. The first-order valence-electron chi connectivity index (χ1n) is 5.17. The number of hydrogen-bond acceptors (Lipinski definition) is 4. The van der Waals surface area contributed by atoms with E-state index in [4.69, 9.17) is 0 Å². The normalized spacial score (nSPS) is 11.9. The molecule has 0 aromatic carbocycles. The Hall–Kier alpha value is -0.170. The quantitative estimate of drug-likeness (QED) is 0.409. The zero-order valence-corrected chi connectivity index (χ0v) is 11.1. The van der Waals surface area contributed by atoms with Crippen molar-refractivity contribution in [3.05, 3.63) is 0 Å². The van der Waals surface area contributed by atoms with Crippen LogP contribution in [0.5, 0.6) is 0 Å². The summed E-state index contributed by atoms with van der Waals surface area (Å²) in [4.78, 5) is 0. The van der Waals surface area contributed by atoms with Gasteiger partial charge in [0.25, 0.3) is 0 Å². The zero-order valence-electron chi connectivity index (χ0n) is 10.3. The maximum Gasteiger partial charge on any atom is 0.217 e. The third-order valence-electron chi connectivity index (χ3n) is 2.89. The van der Waals surface area contributed by atoms with Crippen molar-refractivity contribution in [3.8, 4) is 0 Å². The van der Waals surface area contributed by atoms with Crippen LogP contribution in [0.1, 0.15) is 27.7 Å². The maximum atomic E-state index is 9.22. The number of quaternary nitrogens is 1. The summed E-state index contributed by atoms with van der Waals surface area (Å²) in [6.45, 7) is 14.2. The lowest BCUT2D eigenvalue weighted by Gasteiger charge is -2.34. The van der Waals surface area contributed by atoms with E-state index in [-0.39, 0.29) is 0 Å². The minimum atomic E-state index is -4.41. The molecule has 0 atom stereocenters. The number of nitrogens with zero attached hydrogens (tertiary/aromatic N) is 1. The van der Waals surface area contributed by atoms with Gasteiger partial charge in [-0.2, -0.15) is 0 Å². The smallest absolute Gasteiger partial charge is 0.217 e. The molecule has 0 aliphatic carbocycles. The van der Waals surface area contributed by atoms with Crippen molar-refractivity contribution in [2.75, 3.05) is 33.3 Å². The Kier molecular flexibility index (Phi) is 9.23. The summed E-state index contributed by atoms with van der Waals surface area (Å²) < 4.78 is 32.3. The highest BCUT2D eigenvalue weighted by molar-refractivity contribution is 7.80. The average molecular weight is 241 g/mol. The fourth-order valence-electron chi connectivity index (χ4n) is 1.34. The van der Waals surface area contributed by atoms with Gasteiger partial charge in [0.1, 0.15) is 0 Å². The molecule has 0 saturated carbocycles. The third-order valence-corrected chi connectivity index (χ3v) is 3.30. The van der Waals surface area contributed by atoms with Crippen LogP contribution >= 0.6 is 0 Å². The summed E-state index contributed by atoms with van der Waals surface area (Å²) in [6, 6.07) is 0. The van der Waals surface area contributed by atoms with Crippen molar-refractivity contribution in [3.63, 3.8) is 0 Å². The SMILES string of the molecule is CC[N+](CC)(CC)CC.COS(=O)(=O)[O-]. The molecule has 15 heavy (non-hydrogen) atoms. The Morgan fingerprint density at radius 2 is 1.20 bits per heavy atom. The molecule has 6 heteroatoms. The molecule has 0 radical (unpaired) electrons. The van der Waals surface area contributed by atoms with Crippen molar-refractivity contribution in [1.29, 1.82) is 0 Å². The molecule has 0 bridgehead atoms. The van der Waals surface area contributed by atoms with Crippen LogP contribution in [-0.4, -0.2) is 50.7 Å². The maximum absolute atomic E-state index is 9.22. The van der Waals surface area contributed by atoms with Gasteiger partial charge in [0.15, 0.2) is 0 Å². The predicted octanol–water partition coefficient (Wildman–Crippen LogP) is 0.976. The van der Waals surface area contributed by atoms with E-state index in [1.165, 1.54) is 30.7 Å². The van der Waals surface area contributed by atoms with E-state index in [0.29, 0.717) is 0 Å². The molecule has 0 N–H and O–H groups in total. The van der Waals surface area contributed by atoms with Crippen LogP contribution < -0.4 is 0 Å². The van der Waals surface area contributed by atoms with Crippen LogP contribution in [0.2, 0.25) is 0 Å². The lowest BCUT2D eigenvalue weighted by atomic mass is 10.3. The van der Waals surface area contributed by atoms with Gasteiger partial charge in [0.05, 0.1) is 33.3 Å². The summed E-state index contributed by atoms with van der Waals surface area (Å²) in [6.07, 6.45) is 0. The van der Waals surface area contributed by atoms with Crippen molar-refractivity contribution in [2.45, 2.75) is 27.7 Å². The minimum Gasteiger partial charge on any atom is -0.726 e. The van der Waals surface area contributed by atoms with Gasteiger partial charge in [-0.1, -0.05) is 0 Å². The second kappa shape index (κ2) is 8.04. The second-order valence-corrected chi connectivity index (χ2v) is 4.33. The topological polar surface area (TPSA) is 66.4 Å². The summed E-state index contributed by atoms with van der Waals surface area (Å²) in [5, 5.41) is 0. The van der Waals surface area contributed by atoms with Crippen LogP contribution in [0.4, 0.5) is 0 Å². The van der Waals surface area contributed by atoms with E-state index in [1.807, 2.05) is 0 Å². The first-order valence-corrected chi connectivity index (χ1v) is 6.50. The number of rotatable bonds is 5. The van der Waals surface area contributed by atoms with E-state index < -0.39 is 10.4 Å². The monoisotopic (exact) mass is 241 g/mol. The molecule has 0 aliphatic heterocycles. The van der Waals surface area contributed by atoms with Crippen molar-refractivity contribution in [1.82, 2.24) is 0 Å². The summed E-state index contributed by atoms with van der Waals surface area (Å²) in [7, 11) is -3.60. The fourth-order valence-corrected chi connectivity index (χ4v) is 1.34. The molecule has 0 unspecified atom stereocenters. The van der Waals surface area contributed by atoms with Crippen LogP contribution in [-0.2, 0) is 14.6 Å². The number of hydrogen-bond donors (Lipinski definition) is 0. The Morgan fingerprint density at radius 1 is 1.00 bits per heavy atom. The molecule has 94 valence electrons. The summed E-state index contributed by atoms with van der Waals surface area (Å²) >= 11 is 0. The van der Waals surface area contributed by atoms with E-state index >= 15 is 0 Å². The van der Waals surface area contributed by atoms with E-state index in [2.05, 4.69) is 31.9 Å². The Bertz CT molecular complexity index is 217. The Balaban J connectivity index is 0. The van der Waals surface area contributed by atoms with Gasteiger partial charge in [-0.25, -0.2) is 8.42 Å². The summed E-state index contributed by atoms with van der Waals surface area (Å²) in [5.41, 5.74) is 0. The van der Waals surface area contributed by atoms with Gasteiger partial charge in [0.2, 0.25) is 10.4 Å². The second-order valence-electron chi connectivity index (χ2n) is 3.18. The van der Waals surface area contributed by atoms with Gasteiger partial charge in [0, 0.05) is 0 Å². The first kappa shape index (κ1) is 17.2. The average Bonchev–Trinajstić information content (AvgIpc) is 2.22. The zero-order chi connectivity index (χ0) is 12.5. The molecular formula is C9H23NO4S. The molecule has 0 rings (SSSR count). The van der Waals surface area contributed by atoms with Crippen molar-refractivity contribution >= 4 is 10.4 Å². The van der Waals surface area contributed by atoms with Gasteiger partial charge < -0.3 is 9.04 Å². The molecule has 0 heterocycles. The highest BCUT2D eigenvalue weighted by Crippen LogP contribution is 2.03. The van der Waals surface area contributed by atoms with E-state index in [1.54, 1.807) is 0 Å². The third kappa shape index (κ3) is 8.80. The molecule has 5 nitrogen and oxygen atoms in total. The molecule has 0 aromatic rings. The molecule has 0 aliphatic rings. The molecule has 0 spiro atoms. The van der Waals surface area contributed by atoms with Crippen LogP contribution in [0.3, 0.4) is 0 Å². The molecule has 0 aromatic heterocycles. The van der Waals surface area contributed by atoms with E-state index in [0.717, 1.165) is 7.11 Å². The molecule has 0 amide bonds. The van der Waals surface area contributed by atoms with Crippen molar-refractivity contribution < 1.29 is 21.6 Å². The van der Waals surface area contributed by atoms with Crippen LogP contribution in [0.25, 0.3) is 0 Å². The largest absolute Gasteiger partial charge is 0.726 e. The highest BCUT2D eigenvalue weighted by atomic mass is 32.3. The van der Waals surface area contributed by atoms with Crippen LogP contribution in [0, 0.1) is 0 Å². The fraction of sp³-hybridized carbons (Fsp3) is 1.00. The highest BCUT2D eigenvalue weighted by Gasteiger charge is 2.16. The van der Waals surface area contributed by atoms with Gasteiger partial charge in [-0.15, -0.1) is 0 Å². The standard InChI is InChI=1S/C8H20N.CH4O4S/c1-5-9(6-2,7-3)8-4;1-5-6(2,3)4/h5-8H2,1-4H3;1H3,(H,2,3,4)/q+1;/p-1. The minimum absolute atomic E-state index is 0.808. The Labute approximate surface area is 93.6 Å². The lowest BCUT2D eigenvalue weighted by molar-refractivity contribution is -0.921.